The zero-order chi connectivity index (χ0) is 31.0. The maximum atomic E-state index is 12.2. The normalized spacial score (nSPS) is 14.0. The molecule has 9 heteroatoms. The highest BCUT2D eigenvalue weighted by atomic mass is 32.2. The van der Waals surface area contributed by atoms with Crippen molar-refractivity contribution in [3.8, 4) is 0 Å². The number of carbonyl (C=O) groups excluding carboxylic acids is 2. The third-order valence-corrected chi connectivity index (χ3v) is 8.26. The molecule has 0 aliphatic carbocycles. The molecule has 0 spiro atoms. The molecule has 3 atom stereocenters. The van der Waals surface area contributed by atoms with Gasteiger partial charge in [0.15, 0.2) is 5.25 Å². The fourth-order valence-electron chi connectivity index (χ4n) is 4.18. The van der Waals surface area contributed by atoms with E-state index >= 15 is 0 Å². The number of esters is 2. The number of ether oxygens (including phenoxy) is 2. The highest BCUT2D eigenvalue weighted by Gasteiger charge is 2.36. The fraction of sp³-hybridized carbons (Fsp3) is 0.935. The molecule has 3 N–H and O–H groups in total. The van der Waals surface area contributed by atoms with Gasteiger partial charge in [0.05, 0.1) is 19.6 Å². The van der Waals surface area contributed by atoms with E-state index in [0.717, 1.165) is 51.4 Å². The van der Waals surface area contributed by atoms with E-state index in [4.69, 9.17) is 15.2 Å². The van der Waals surface area contributed by atoms with Crippen molar-refractivity contribution in [1.82, 2.24) is 0 Å². The van der Waals surface area contributed by atoms with Crippen LogP contribution in [0.1, 0.15) is 151 Å². The summed E-state index contributed by atoms with van der Waals surface area (Å²) >= 11 is 0. The molecule has 0 radical (unpaired) electrons. The summed E-state index contributed by atoms with van der Waals surface area (Å²) in [5.74, 6) is -1.61. The highest BCUT2D eigenvalue weighted by molar-refractivity contribution is 7.87. The third kappa shape index (κ3) is 24.6. The number of carbonyl (C=O) groups is 2. The molecular formula is C31H63NO7S. The van der Waals surface area contributed by atoms with Crippen LogP contribution in [0.25, 0.3) is 0 Å². The van der Waals surface area contributed by atoms with Gasteiger partial charge >= 0.3 is 11.9 Å². The smallest absolute Gasteiger partial charge is 0.327 e. The number of hydrogen-bond acceptors (Lipinski definition) is 7. The molecule has 0 aromatic rings. The second-order valence-electron chi connectivity index (χ2n) is 11.9. The van der Waals surface area contributed by atoms with Crippen molar-refractivity contribution in [1.29, 1.82) is 0 Å². The molecule has 0 aromatic carbocycles. The Morgan fingerprint density at radius 3 is 1.62 bits per heavy atom. The fourth-order valence-corrected chi connectivity index (χ4v) is 4.84. The van der Waals surface area contributed by atoms with E-state index < -0.39 is 33.7 Å². The predicted molar refractivity (Wildman–Crippen MR) is 165 cm³/mol. The van der Waals surface area contributed by atoms with E-state index in [2.05, 4.69) is 34.6 Å². The van der Waals surface area contributed by atoms with E-state index in [1.54, 1.807) is 0 Å². The van der Waals surface area contributed by atoms with Gasteiger partial charge < -0.3 is 15.2 Å². The zero-order valence-electron chi connectivity index (χ0n) is 26.8. The van der Waals surface area contributed by atoms with Crippen LogP contribution in [0.3, 0.4) is 0 Å². The lowest BCUT2D eigenvalue weighted by Crippen LogP contribution is -2.35. The van der Waals surface area contributed by atoms with Gasteiger partial charge in [-0.1, -0.05) is 112 Å². The second kappa shape index (κ2) is 24.4. The van der Waals surface area contributed by atoms with E-state index in [9.17, 15) is 22.6 Å². The van der Waals surface area contributed by atoms with E-state index in [1.807, 2.05) is 13.8 Å². The molecule has 0 saturated carbocycles. The van der Waals surface area contributed by atoms with Gasteiger partial charge in [0, 0.05) is 5.54 Å². The van der Waals surface area contributed by atoms with Crippen molar-refractivity contribution in [2.75, 3.05) is 13.2 Å². The lowest BCUT2D eigenvalue weighted by atomic mass is 9.97. The summed E-state index contributed by atoms with van der Waals surface area (Å²) in [4.78, 5) is 24.2. The van der Waals surface area contributed by atoms with Crippen LogP contribution in [0, 0.1) is 11.8 Å². The van der Waals surface area contributed by atoms with Crippen LogP contribution < -0.4 is 5.73 Å². The topological polar surface area (TPSA) is 133 Å². The largest absolute Gasteiger partial charge is 0.465 e. The van der Waals surface area contributed by atoms with Crippen molar-refractivity contribution in [3.05, 3.63) is 0 Å². The van der Waals surface area contributed by atoms with Gasteiger partial charge in [-0.2, -0.15) is 8.42 Å². The van der Waals surface area contributed by atoms with Crippen LogP contribution in [0.15, 0.2) is 0 Å². The Balaban J connectivity index is 0. The summed E-state index contributed by atoms with van der Waals surface area (Å²) < 4.78 is 42.8. The molecule has 0 aliphatic heterocycles. The van der Waals surface area contributed by atoms with Crippen molar-refractivity contribution >= 4 is 22.1 Å². The van der Waals surface area contributed by atoms with Gasteiger partial charge in [-0.3, -0.25) is 14.1 Å². The van der Waals surface area contributed by atoms with Crippen molar-refractivity contribution in [2.45, 2.75) is 162 Å². The number of unbranched alkanes of at least 4 members (excludes halogenated alkanes) is 7. The SMILES string of the molecule is CCCCC(CC)COC(=O)CC(C(=O)OCC(CC)CCCC)S(=O)(=O)O.CCCCCCCCC(C)(C)N. The minimum Gasteiger partial charge on any atom is -0.465 e. The molecule has 0 heterocycles. The molecule has 40 heavy (non-hydrogen) atoms. The maximum absolute atomic E-state index is 12.2. The van der Waals surface area contributed by atoms with Crippen molar-refractivity contribution in [3.63, 3.8) is 0 Å². The monoisotopic (exact) mass is 593 g/mol. The molecule has 240 valence electrons. The van der Waals surface area contributed by atoms with Crippen LogP contribution in [0.5, 0.6) is 0 Å². The summed E-state index contributed by atoms with van der Waals surface area (Å²) in [5, 5.41) is -1.95. The molecule has 0 aliphatic rings. The summed E-state index contributed by atoms with van der Waals surface area (Å²) in [5.41, 5.74) is 5.92. The van der Waals surface area contributed by atoms with E-state index in [0.29, 0.717) is 0 Å². The maximum Gasteiger partial charge on any atom is 0.327 e. The van der Waals surface area contributed by atoms with Gasteiger partial charge in [0.2, 0.25) is 0 Å². The van der Waals surface area contributed by atoms with Gasteiger partial charge in [0.1, 0.15) is 0 Å². The molecule has 0 saturated heterocycles. The van der Waals surface area contributed by atoms with Crippen LogP contribution in [0.2, 0.25) is 0 Å². The number of rotatable bonds is 23. The average molecular weight is 594 g/mol. The summed E-state index contributed by atoms with van der Waals surface area (Å²) in [6.45, 7) is 14.8. The van der Waals surface area contributed by atoms with Crippen LogP contribution in [0.4, 0.5) is 0 Å². The number of nitrogens with two attached hydrogens (primary N) is 1. The predicted octanol–water partition coefficient (Wildman–Crippen LogP) is 7.63. The summed E-state index contributed by atoms with van der Waals surface area (Å²) in [6, 6.07) is 0. The molecule has 8 nitrogen and oxygen atoms in total. The van der Waals surface area contributed by atoms with E-state index in [1.165, 1.54) is 44.9 Å². The van der Waals surface area contributed by atoms with Crippen LogP contribution in [-0.2, 0) is 29.2 Å². The lowest BCUT2D eigenvalue weighted by Gasteiger charge is -2.18. The number of hydrogen-bond donors (Lipinski definition) is 2. The Hall–Kier alpha value is -1.19. The van der Waals surface area contributed by atoms with Crippen molar-refractivity contribution < 1.29 is 32.0 Å². The summed E-state index contributed by atoms with van der Waals surface area (Å²) in [7, 11) is -4.76. The zero-order valence-corrected chi connectivity index (χ0v) is 27.7. The Bertz CT molecular complexity index is 734. The Labute approximate surface area is 246 Å². The second-order valence-corrected chi connectivity index (χ2v) is 13.5. The van der Waals surface area contributed by atoms with Crippen LogP contribution >= 0.6 is 0 Å². The standard InChI is InChI=1S/C20H38O7S.C11H25N/c1-5-9-11-16(7-3)14-26-19(21)13-18(28(23,24)25)20(22)27-15-17(8-4)12-10-6-2;1-4-5-6-7-8-9-10-11(2,3)12/h16-18H,5-15H2,1-4H3,(H,23,24,25);4-10,12H2,1-3H3. The molecule has 0 aromatic heterocycles. The van der Waals surface area contributed by atoms with Gasteiger partial charge in [0.25, 0.3) is 10.1 Å². The molecule has 0 bridgehead atoms. The first kappa shape index (κ1) is 40.9. The first-order chi connectivity index (χ1) is 18.7. The minimum absolute atomic E-state index is 0.0464. The van der Waals surface area contributed by atoms with E-state index in [-0.39, 0.29) is 30.6 Å². The molecule has 3 unspecified atom stereocenters. The Morgan fingerprint density at radius 1 is 0.750 bits per heavy atom. The lowest BCUT2D eigenvalue weighted by molar-refractivity contribution is -0.151. The minimum atomic E-state index is -4.76. The van der Waals surface area contributed by atoms with Gasteiger partial charge in [-0.25, -0.2) is 0 Å². The average Bonchev–Trinajstić information content (AvgIpc) is 2.88. The van der Waals surface area contributed by atoms with Crippen molar-refractivity contribution in [2.24, 2.45) is 17.6 Å². The van der Waals surface area contributed by atoms with Gasteiger partial charge in [-0.15, -0.1) is 0 Å². The Morgan fingerprint density at radius 2 is 1.20 bits per heavy atom. The molecule has 0 fully saturated rings. The molecule has 0 rings (SSSR count). The summed E-state index contributed by atoms with van der Waals surface area (Å²) in [6.07, 6.45) is 16.1. The quantitative estimate of drug-likeness (QED) is 0.0702. The first-order valence-corrected chi connectivity index (χ1v) is 17.3. The third-order valence-electron chi connectivity index (χ3n) is 7.18. The molecule has 0 amide bonds. The first-order valence-electron chi connectivity index (χ1n) is 15.8. The Kier molecular flexibility index (Phi) is 25.0. The highest BCUT2D eigenvalue weighted by Crippen LogP contribution is 2.17. The molecular weight excluding hydrogens is 530 g/mol. The van der Waals surface area contributed by atoms with Gasteiger partial charge in [-0.05, 0) is 44.9 Å². The van der Waals surface area contributed by atoms with Crippen LogP contribution in [-0.4, -0.2) is 48.9 Å².